The van der Waals surface area contributed by atoms with Gasteiger partial charge in [0.2, 0.25) is 0 Å². The Bertz CT molecular complexity index is 673. The molecule has 0 fully saturated rings. The highest BCUT2D eigenvalue weighted by Crippen LogP contribution is 2.16. The number of aromatic nitrogens is 2. The topological polar surface area (TPSA) is 87.4 Å². The van der Waals surface area contributed by atoms with Crippen molar-refractivity contribution < 1.29 is 10.2 Å². The van der Waals surface area contributed by atoms with Crippen molar-refractivity contribution in [2.24, 2.45) is 0 Å². The average molecular weight is 310 g/mol. The fraction of sp³-hybridized carbons (Fsp3) is 0.286. The number of halogens is 1. The Labute approximate surface area is 126 Å². The largest absolute Gasteiger partial charge is 0.394 e. The van der Waals surface area contributed by atoms with Crippen molar-refractivity contribution in [2.45, 2.75) is 19.7 Å². The van der Waals surface area contributed by atoms with E-state index in [0.29, 0.717) is 12.2 Å². The Balaban J connectivity index is 2.13. The molecule has 0 aliphatic carbocycles. The highest BCUT2D eigenvalue weighted by atomic mass is 35.5. The van der Waals surface area contributed by atoms with Crippen molar-refractivity contribution in [1.29, 1.82) is 0 Å². The van der Waals surface area contributed by atoms with E-state index in [1.165, 1.54) is 6.20 Å². The molecule has 0 radical (unpaired) electrons. The Morgan fingerprint density at radius 2 is 2.05 bits per heavy atom. The molecule has 0 bridgehead atoms. The summed E-state index contributed by atoms with van der Waals surface area (Å²) < 4.78 is 1.11. The van der Waals surface area contributed by atoms with Crippen LogP contribution in [0.15, 0.2) is 35.3 Å². The molecule has 1 aromatic carbocycles. The van der Waals surface area contributed by atoms with Gasteiger partial charge in [-0.3, -0.25) is 4.79 Å². The molecule has 1 heterocycles. The number of benzene rings is 1. The molecule has 6 nitrogen and oxygen atoms in total. The van der Waals surface area contributed by atoms with Crippen LogP contribution in [0.2, 0.25) is 5.02 Å². The van der Waals surface area contributed by atoms with Crippen molar-refractivity contribution >= 4 is 17.3 Å². The zero-order valence-corrected chi connectivity index (χ0v) is 12.0. The number of anilines is 1. The first-order valence-corrected chi connectivity index (χ1v) is 6.82. The van der Waals surface area contributed by atoms with Crippen LogP contribution in [0, 0.1) is 0 Å². The Morgan fingerprint density at radius 3 is 2.76 bits per heavy atom. The third-order valence-corrected chi connectivity index (χ3v) is 3.32. The molecular weight excluding hydrogens is 294 g/mol. The van der Waals surface area contributed by atoms with Gasteiger partial charge in [-0.1, -0.05) is 35.9 Å². The maximum absolute atomic E-state index is 11.9. The average Bonchev–Trinajstić information content (AvgIpc) is 2.51. The van der Waals surface area contributed by atoms with Gasteiger partial charge in [-0.25, -0.2) is 4.68 Å². The van der Waals surface area contributed by atoms with Crippen LogP contribution in [0.25, 0.3) is 0 Å². The van der Waals surface area contributed by atoms with Gasteiger partial charge in [0.25, 0.3) is 5.56 Å². The molecule has 0 aliphatic heterocycles. The summed E-state index contributed by atoms with van der Waals surface area (Å²) in [6.07, 6.45) is 1.45. The minimum atomic E-state index is -0.445. The summed E-state index contributed by atoms with van der Waals surface area (Å²) in [5, 5.41) is 24.9. The summed E-state index contributed by atoms with van der Waals surface area (Å²) >= 11 is 6.00. The van der Waals surface area contributed by atoms with Crippen molar-refractivity contribution in [3.63, 3.8) is 0 Å². The van der Waals surface area contributed by atoms with E-state index in [1.54, 1.807) is 0 Å². The van der Waals surface area contributed by atoms with E-state index in [4.69, 9.17) is 21.8 Å². The van der Waals surface area contributed by atoms with E-state index < -0.39 is 5.56 Å². The molecule has 0 saturated heterocycles. The summed E-state index contributed by atoms with van der Waals surface area (Å²) in [6, 6.07) is 7.44. The maximum Gasteiger partial charge on any atom is 0.287 e. The van der Waals surface area contributed by atoms with E-state index in [1.807, 2.05) is 24.3 Å². The lowest BCUT2D eigenvalue weighted by atomic mass is 10.1. The normalized spacial score (nSPS) is 10.6. The van der Waals surface area contributed by atoms with Gasteiger partial charge in [0, 0.05) is 6.54 Å². The number of aliphatic hydroxyl groups excluding tert-OH is 2. The first-order valence-electron chi connectivity index (χ1n) is 6.44. The van der Waals surface area contributed by atoms with Gasteiger partial charge in [0.05, 0.1) is 31.6 Å². The molecule has 112 valence electrons. The lowest BCUT2D eigenvalue weighted by Gasteiger charge is -2.10. The summed E-state index contributed by atoms with van der Waals surface area (Å²) in [5.74, 6) is 0. The molecule has 1 aromatic heterocycles. The van der Waals surface area contributed by atoms with E-state index in [-0.39, 0.29) is 24.8 Å². The second kappa shape index (κ2) is 7.21. The summed E-state index contributed by atoms with van der Waals surface area (Å²) in [7, 11) is 0. The molecule has 0 atom stereocenters. The highest BCUT2D eigenvalue weighted by molar-refractivity contribution is 6.32. The van der Waals surface area contributed by atoms with E-state index in [0.717, 1.165) is 15.8 Å². The molecule has 7 heteroatoms. The van der Waals surface area contributed by atoms with Gasteiger partial charge in [-0.15, -0.1) is 0 Å². The van der Waals surface area contributed by atoms with Gasteiger partial charge in [0.15, 0.2) is 0 Å². The first kappa shape index (κ1) is 15.5. The van der Waals surface area contributed by atoms with E-state index >= 15 is 0 Å². The van der Waals surface area contributed by atoms with Crippen molar-refractivity contribution in [3.05, 3.63) is 57.0 Å². The molecular formula is C14H16ClN3O3. The Hall–Kier alpha value is -1.89. The molecule has 2 aromatic rings. The van der Waals surface area contributed by atoms with Gasteiger partial charge in [-0.2, -0.15) is 5.10 Å². The second-order valence-electron chi connectivity index (χ2n) is 4.46. The third kappa shape index (κ3) is 3.81. The SMILES string of the molecule is O=c1c(Cl)c(NCc2cccc(CO)c2)cnn1CCO. The van der Waals surface area contributed by atoms with Gasteiger partial charge in [-0.05, 0) is 11.1 Å². The van der Waals surface area contributed by atoms with Gasteiger partial charge >= 0.3 is 0 Å². The summed E-state index contributed by atoms with van der Waals surface area (Å²) in [5.41, 5.74) is 1.76. The number of nitrogens with zero attached hydrogens (tertiary/aromatic N) is 2. The number of aliphatic hydroxyl groups is 2. The van der Waals surface area contributed by atoms with Crippen molar-refractivity contribution in [3.8, 4) is 0 Å². The number of nitrogens with one attached hydrogen (secondary N) is 1. The van der Waals surface area contributed by atoms with Crippen LogP contribution < -0.4 is 10.9 Å². The molecule has 3 N–H and O–H groups in total. The number of hydrogen-bond acceptors (Lipinski definition) is 5. The lowest BCUT2D eigenvalue weighted by molar-refractivity contribution is 0.266. The Morgan fingerprint density at radius 1 is 1.29 bits per heavy atom. The highest BCUT2D eigenvalue weighted by Gasteiger charge is 2.08. The third-order valence-electron chi connectivity index (χ3n) is 2.95. The van der Waals surface area contributed by atoms with Crippen LogP contribution in [0.1, 0.15) is 11.1 Å². The van der Waals surface area contributed by atoms with E-state index in [9.17, 15) is 4.79 Å². The zero-order valence-electron chi connectivity index (χ0n) is 11.3. The van der Waals surface area contributed by atoms with Crippen LogP contribution in [0.4, 0.5) is 5.69 Å². The van der Waals surface area contributed by atoms with E-state index in [2.05, 4.69) is 10.4 Å². The fourth-order valence-electron chi connectivity index (χ4n) is 1.88. The molecule has 0 spiro atoms. The van der Waals surface area contributed by atoms with Gasteiger partial charge in [0.1, 0.15) is 5.02 Å². The van der Waals surface area contributed by atoms with Crippen LogP contribution in [0.5, 0.6) is 0 Å². The quantitative estimate of drug-likeness (QED) is 0.741. The molecule has 21 heavy (non-hydrogen) atoms. The maximum atomic E-state index is 11.9. The Kier molecular flexibility index (Phi) is 5.32. The zero-order chi connectivity index (χ0) is 15.2. The van der Waals surface area contributed by atoms with Crippen molar-refractivity contribution in [1.82, 2.24) is 9.78 Å². The summed E-state index contributed by atoms with van der Waals surface area (Å²) in [4.78, 5) is 11.9. The molecule has 0 aliphatic rings. The van der Waals surface area contributed by atoms with Gasteiger partial charge < -0.3 is 15.5 Å². The smallest absolute Gasteiger partial charge is 0.287 e. The minimum Gasteiger partial charge on any atom is -0.394 e. The lowest BCUT2D eigenvalue weighted by Crippen LogP contribution is -2.25. The predicted molar refractivity (Wildman–Crippen MR) is 80.3 cm³/mol. The minimum absolute atomic E-state index is 0.0205. The van der Waals surface area contributed by atoms with Crippen LogP contribution in [-0.4, -0.2) is 26.6 Å². The number of hydrogen-bond donors (Lipinski definition) is 3. The standard InChI is InChI=1S/C14H16ClN3O3/c15-13-12(8-17-18(4-5-19)14(13)21)16-7-10-2-1-3-11(6-10)9-20/h1-3,6,8,16,19-20H,4-5,7,9H2. The summed E-state index contributed by atoms with van der Waals surface area (Å²) in [6.45, 7) is 0.368. The molecule has 2 rings (SSSR count). The molecule has 0 amide bonds. The van der Waals surface area contributed by atoms with Crippen LogP contribution in [0.3, 0.4) is 0 Å². The fourth-order valence-corrected chi connectivity index (χ4v) is 2.09. The molecule has 0 saturated carbocycles. The second-order valence-corrected chi connectivity index (χ2v) is 4.83. The predicted octanol–water partition coefficient (Wildman–Crippen LogP) is 0.993. The van der Waals surface area contributed by atoms with Crippen LogP contribution in [-0.2, 0) is 19.7 Å². The van der Waals surface area contributed by atoms with Crippen LogP contribution >= 0.6 is 11.6 Å². The molecule has 0 unspecified atom stereocenters. The number of rotatable bonds is 6. The first-order chi connectivity index (χ1) is 10.2. The monoisotopic (exact) mass is 309 g/mol. The van der Waals surface area contributed by atoms with Crippen molar-refractivity contribution in [2.75, 3.05) is 11.9 Å².